The Morgan fingerprint density at radius 1 is 1.30 bits per heavy atom. The van der Waals surface area contributed by atoms with Crippen molar-refractivity contribution in [1.29, 1.82) is 0 Å². The molecular formula is C22H22BrN5O2. The van der Waals surface area contributed by atoms with E-state index in [1.54, 1.807) is 24.3 Å². The summed E-state index contributed by atoms with van der Waals surface area (Å²) in [7, 11) is 1.74. The maximum atomic E-state index is 12.9. The number of benzene rings is 1. The van der Waals surface area contributed by atoms with Crippen molar-refractivity contribution in [3.05, 3.63) is 75.8 Å². The molecule has 7 nitrogen and oxygen atoms in total. The van der Waals surface area contributed by atoms with Crippen LogP contribution in [-0.2, 0) is 17.6 Å². The number of carbonyl (C=O) groups excluding carboxylic acids is 2. The fraction of sp³-hybridized carbons (Fsp3) is 0.273. The van der Waals surface area contributed by atoms with Crippen LogP contribution in [0.25, 0.3) is 0 Å². The third-order valence-electron chi connectivity index (χ3n) is 5.21. The van der Waals surface area contributed by atoms with Crippen LogP contribution in [-0.4, -0.2) is 39.8 Å². The first-order valence-corrected chi connectivity index (χ1v) is 10.5. The fourth-order valence-corrected chi connectivity index (χ4v) is 4.00. The van der Waals surface area contributed by atoms with Crippen LogP contribution in [0.2, 0.25) is 0 Å². The molecule has 1 aromatic carbocycles. The Morgan fingerprint density at radius 2 is 2.13 bits per heavy atom. The monoisotopic (exact) mass is 467 g/mol. The number of anilines is 1. The number of aromatic nitrogens is 3. The summed E-state index contributed by atoms with van der Waals surface area (Å²) in [4.78, 5) is 31.7. The number of nitrogens with zero attached hydrogens (tertiary/aromatic N) is 4. The van der Waals surface area contributed by atoms with E-state index >= 15 is 0 Å². The van der Waals surface area contributed by atoms with E-state index in [0.717, 1.165) is 32.7 Å². The molecule has 4 rings (SSSR count). The normalized spacial score (nSPS) is 16.2. The molecule has 0 radical (unpaired) electrons. The molecule has 3 heterocycles. The first-order chi connectivity index (χ1) is 14.4. The van der Waals surface area contributed by atoms with Gasteiger partial charge in [0, 0.05) is 41.2 Å². The van der Waals surface area contributed by atoms with Crippen molar-refractivity contribution >= 4 is 33.6 Å². The van der Waals surface area contributed by atoms with Crippen LogP contribution in [0.15, 0.2) is 53.3 Å². The van der Waals surface area contributed by atoms with Crippen molar-refractivity contribution in [2.45, 2.75) is 32.2 Å². The summed E-state index contributed by atoms with van der Waals surface area (Å²) in [5, 5.41) is 7.00. The molecule has 154 valence electrons. The van der Waals surface area contributed by atoms with Crippen molar-refractivity contribution in [3.63, 3.8) is 0 Å². The first kappa shape index (κ1) is 20.3. The zero-order valence-electron chi connectivity index (χ0n) is 16.8. The standard InChI is InChI=1S/C22H22BrN5O2/c1-14-4-3-5-18(25-14)10-15-12-24-28(13-15)22(30)26-19-9-7-16-6-8-17(23)11-20(16)27(2)21(19)29/h3-6,8,11-13,19H,7,9-10H2,1-2H3,(H,26,30). The number of aryl methyl sites for hydroxylation is 2. The highest BCUT2D eigenvalue weighted by molar-refractivity contribution is 9.10. The third kappa shape index (κ3) is 4.28. The van der Waals surface area contributed by atoms with Gasteiger partial charge in [0.1, 0.15) is 6.04 Å². The number of amides is 2. The van der Waals surface area contributed by atoms with Gasteiger partial charge in [-0.3, -0.25) is 9.78 Å². The first-order valence-electron chi connectivity index (χ1n) is 9.73. The van der Waals surface area contributed by atoms with Gasteiger partial charge in [-0.2, -0.15) is 9.78 Å². The molecule has 1 aliphatic rings. The van der Waals surface area contributed by atoms with Gasteiger partial charge in [-0.25, -0.2) is 4.79 Å². The molecule has 0 aliphatic carbocycles. The highest BCUT2D eigenvalue weighted by Crippen LogP contribution is 2.29. The molecule has 3 aromatic rings. The van der Waals surface area contributed by atoms with Crippen LogP contribution in [0.1, 0.15) is 28.9 Å². The molecule has 1 aliphatic heterocycles. The molecule has 0 fully saturated rings. The number of carbonyl (C=O) groups is 2. The Kier molecular flexibility index (Phi) is 5.67. The average Bonchev–Trinajstić information content (AvgIpc) is 3.15. The number of hydrogen-bond donors (Lipinski definition) is 1. The predicted molar refractivity (Wildman–Crippen MR) is 118 cm³/mol. The van der Waals surface area contributed by atoms with Gasteiger partial charge in [0.2, 0.25) is 5.91 Å². The summed E-state index contributed by atoms with van der Waals surface area (Å²) in [5.74, 6) is -0.142. The average molecular weight is 468 g/mol. The molecule has 0 saturated carbocycles. The van der Waals surface area contributed by atoms with Gasteiger partial charge in [-0.1, -0.05) is 28.1 Å². The summed E-state index contributed by atoms with van der Waals surface area (Å²) < 4.78 is 2.16. The van der Waals surface area contributed by atoms with Crippen LogP contribution in [0.5, 0.6) is 0 Å². The van der Waals surface area contributed by atoms with Crippen molar-refractivity contribution in [2.75, 3.05) is 11.9 Å². The van der Waals surface area contributed by atoms with Gasteiger partial charge in [0.15, 0.2) is 0 Å². The Bertz CT molecular complexity index is 1110. The summed E-state index contributed by atoms with van der Waals surface area (Å²) in [5.41, 5.74) is 4.68. The number of hydrogen-bond acceptors (Lipinski definition) is 4. The minimum absolute atomic E-state index is 0.142. The molecule has 8 heteroatoms. The lowest BCUT2D eigenvalue weighted by Gasteiger charge is -2.22. The second kappa shape index (κ2) is 8.39. The summed E-state index contributed by atoms with van der Waals surface area (Å²) in [6.45, 7) is 1.94. The molecule has 1 N–H and O–H groups in total. The largest absolute Gasteiger partial charge is 0.342 e. The van der Waals surface area contributed by atoms with Gasteiger partial charge in [0.25, 0.3) is 0 Å². The van der Waals surface area contributed by atoms with Crippen molar-refractivity contribution in [3.8, 4) is 0 Å². The van der Waals surface area contributed by atoms with Crippen LogP contribution >= 0.6 is 15.9 Å². The highest BCUT2D eigenvalue weighted by atomic mass is 79.9. The number of nitrogens with one attached hydrogen (secondary N) is 1. The molecular weight excluding hydrogens is 446 g/mol. The summed E-state index contributed by atoms with van der Waals surface area (Å²) in [6, 6.07) is 10.7. The van der Waals surface area contributed by atoms with Crippen LogP contribution < -0.4 is 10.2 Å². The van der Waals surface area contributed by atoms with Gasteiger partial charge in [-0.05, 0) is 55.2 Å². The molecule has 2 amide bonds. The number of pyridine rings is 1. The molecule has 1 unspecified atom stereocenters. The summed E-state index contributed by atoms with van der Waals surface area (Å²) >= 11 is 3.46. The minimum Gasteiger partial charge on any atom is -0.324 e. The maximum Gasteiger partial charge on any atom is 0.342 e. The minimum atomic E-state index is -0.611. The van der Waals surface area contributed by atoms with E-state index in [2.05, 4.69) is 31.3 Å². The topological polar surface area (TPSA) is 80.1 Å². The lowest BCUT2D eigenvalue weighted by Crippen LogP contribution is -2.48. The molecule has 0 spiro atoms. The quantitative estimate of drug-likeness (QED) is 0.639. The van der Waals surface area contributed by atoms with Crippen molar-refractivity contribution in [2.24, 2.45) is 0 Å². The number of likely N-dealkylation sites (N-methyl/N-ethyl adjacent to an activating group) is 1. The number of rotatable bonds is 3. The van der Waals surface area contributed by atoms with E-state index in [9.17, 15) is 9.59 Å². The van der Waals surface area contributed by atoms with Gasteiger partial charge < -0.3 is 10.2 Å². The van der Waals surface area contributed by atoms with Crippen LogP contribution in [0.4, 0.5) is 10.5 Å². The lowest BCUT2D eigenvalue weighted by molar-refractivity contribution is -0.120. The van der Waals surface area contributed by atoms with E-state index in [4.69, 9.17) is 0 Å². The third-order valence-corrected chi connectivity index (χ3v) is 5.71. The molecule has 0 bridgehead atoms. The van der Waals surface area contributed by atoms with Gasteiger partial charge in [-0.15, -0.1) is 0 Å². The van der Waals surface area contributed by atoms with Crippen molar-refractivity contribution in [1.82, 2.24) is 20.1 Å². The molecule has 0 saturated heterocycles. The highest BCUT2D eigenvalue weighted by Gasteiger charge is 2.29. The fourth-order valence-electron chi connectivity index (χ4n) is 3.66. The Hall–Kier alpha value is -3.00. The number of fused-ring (bicyclic) bond motifs is 1. The smallest absolute Gasteiger partial charge is 0.324 e. The second-order valence-electron chi connectivity index (χ2n) is 7.45. The lowest BCUT2D eigenvalue weighted by atomic mass is 10.1. The summed E-state index contributed by atoms with van der Waals surface area (Å²) in [6.07, 6.45) is 5.15. The maximum absolute atomic E-state index is 12.9. The van der Waals surface area contributed by atoms with Gasteiger partial charge in [0.05, 0.1) is 6.20 Å². The zero-order chi connectivity index (χ0) is 21.3. The van der Waals surface area contributed by atoms with Crippen molar-refractivity contribution < 1.29 is 9.59 Å². The Morgan fingerprint density at radius 3 is 2.93 bits per heavy atom. The van der Waals surface area contributed by atoms with E-state index in [-0.39, 0.29) is 5.91 Å². The van der Waals surface area contributed by atoms with Crippen LogP contribution in [0, 0.1) is 6.92 Å². The Labute approximate surface area is 183 Å². The van der Waals surface area contributed by atoms with Crippen LogP contribution in [0.3, 0.4) is 0 Å². The molecule has 1 atom stereocenters. The van der Waals surface area contributed by atoms with E-state index < -0.39 is 12.1 Å². The number of halogens is 1. The Balaban J connectivity index is 1.45. The second-order valence-corrected chi connectivity index (χ2v) is 8.37. The van der Waals surface area contributed by atoms with E-state index in [1.807, 2.05) is 43.3 Å². The van der Waals surface area contributed by atoms with Gasteiger partial charge >= 0.3 is 6.03 Å². The zero-order valence-corrected chi connectivity index (χ0v) is 18.4. The molecule has 2 aromatic heterocycles. The predicted octanol–water partition coefficient (Wildman–Crippen LogP) is 3.48. The molecule has 30 heavy (non-hydrogen) atoms. The SMILES string of the molecule is Cc1cccc(Cc2cnn(C(=O)NC3CCc4ccc(Br)cc4N(C)C3=O)c2)n1. The van der Waals surface area contributed by atoms with E-state index in [1.165, 1.54) is 4.68 Å². The van der Waals surface area contributed by atoms with E-state index in [0.29, 0.717) is 19.3 Å².